The van der Waals surface area contributed by atoms with E-state index in [4.69, 9.17) is 4.74 Å². The van der Waals surface area contributed by atoms with E-state index in [0.717, 1.165) is 38.6 Å². The Morgan fingerprint density at radius 2 is 1.79 bits per heavy atom. The molecule has 4 rings (SSSR count). The van der Waals surface area contributed by atoms with Crippen LogP contribution in [0, 0.1) is 34.5 Å². The summed E-state index contributed by atoms with van der Waals surface area (Å²) < 4.78 is 5.85. The molecule has 0 spiro atoms. The van der Waals surface area contributed by atoms with E-state index < -0.39 is 5.60 Å². The highest BCUT2D eigenvalue weighted by Gasteiger charge is 2.68. The zero-order valence-corrected chi connectivity index (χ0v) is 18.5. The number of rotatable bonds is 2. The van der Waals surface area contributed by atoms with Gasteiger partial charge in [-0.3, -0.25) is 14.4 Å². The normalized spacial score (nSPS) is 46.4. The molecule has 0 aromatic carbocycles. The maximum Gasteiger partial charge on any atom is 0.303 e. The molecule has 3 aliphatic carbocycles. The van der Waals surface area contributed by atoms with E-state index in [1.165, 1.54) is 12.5 Å². The molecule has 0 unspecified atom stereocenters. The highest BCUT2D eigenvalue weighted by atomic mass is 16.6. The lowest BCUT2D eigenvalue weighted by Crippen LogP contribution is -2.59. The summed E-state index contributed by atoms with van der Waals surface area (Å²) in [6.07, 6.45) is 7.38. The molecular weight excluding hydrogens is 366 g/mol. The topological polar surface area (TPSA) is 72.5 Å². The zero-order chi connectivity index (χ0) is 21.2. The molecule has 4 aliphatic rings. The van der Waals surface area contributed by atoms with Gasteiger partial charge in [0.25, 0.3) is 0 Å². The Kier molecular flexibility index (Phi) is 4.75. The monoisotopic (exact) mass is 401 g/mol. The lowest BCUT2D eigenvalue weighted by atomic mass is 9.45. The van der Waals surface area contributed by atoms with Crippen molar-refractivity contribution < 1.29 is 19.1 Å². The molecule has 3 fully saturated rings. The highest BCUT2D eigenvalue weighted by Crippen LogP contribution is 2.68. The third-order valence-corrected chi connectivity index (χ3v) is 9.31. The zero-order valence-electron chi connectivity index (χ0n) is 18.5. The number of carbonyl (C=O) groups excluding carboxylic acids is 3. The summed E-state index contributed by atoms with van der Waals surface area (Å²) in [5.74, 6) is 1.42. The van der Waals surface area contributed by atoms with Gasteiger partial charge in [0.2, 0.25) is 5.91 Å². The number of hydrogen-bond donors (Lipinski definition) is 1. The summed E-state index contributed by atoms with van der Waals surface area (Å²) in [5, 5.41) is 3.03. The summed E-state index contributed by atoms with van der Waals surface area (Å²) in [6, 6.07) is 0. The number of amides is 1. The summed E-state index contributed by atoms with van der Waals surface area (Å²) in [7, 11) is 0. The Morgan fingerprint density at radius 1 is 1.10 bits per heavy atom. The average Bonchev–Trinajstić information content (AvgIpc) is 2.81. The Bertz CT molecular complexity index is 788. The first-order chi connectivity index (χ1) is 13.5. The van der Waals surface area contributed by atoms with Crippen LogP contribution in [0.15, 0.2) is 11.6 Å². The molecule has 3 saturated carbocycles. The Labute approximate surface area is 174 Å². The molecule has 0 bridgehead atoms. The predicted octanol–water partition coefficient (Wildman–Crippen LogP) is 3.81. The van der Waals surface area contributed by atoms with Crippen molar-refractivity contribution in [3.8, 4) is 0 Å². The van der Waals surface area contributed by atoms with Crippen molar-refractivity contribution in [2.24, 2.45) is 34.5 Å². The van der Waals surface area contributed by atoms with Crippen LogP contribution in [0.5, 0.6) is 0 Å². The van der Waals surface area contributed by atoms with Crippen molar-refractivity contribution in [2.45, 2.75) is 78.7 Å². The van der Waals surface area contributed by atoms with E-state index in [1.807, 2.05) is 6.08 Å². The van der Waals surface area contributed by atoms with Crippen molar-refractivity contribution in [3.05, 3.63) is 11.6 Å². The van der Waals surface area contributed by atoms with Crippen LogP contribution >= 0.6 is 0 Å². The van der Waals surface area contributed by atoms with E-state index in [9.17, 15) is 14.4 Å². The van der Waals surface area contributed by atoms with Gasteiger partial charge in [-0.1, -0.05) is 26.3 Å². The number of fused-ring (bicyclic) bond motifs is 5. The van der Waals surface area contributed by atoms with Gasteiger partial charge < -0.3 is 10.1 Å². The third-order valence-electron chi connectivity index (χ3n) is 9.31. The van der Waals surface area contributed by atoms with Crippen molar-refractivity contribution in [3.63, 3.8) is 0 Å². The van der Waals surface area contributed by atoms with Gasteiger partial charge in [-0.2, -0.15) is 0 Å². The van der Waals surface area contributed by atoms with Crippen molar-refractivity contribution in [1.82, 2.24) is 5.32 Å². The Balaban J connectivity index is 1.74. The fourth-order valence-electron chi connectivity index (χ4n) is 8.06. The van der Waals surface area contributed by atoms with Gasteiger partial charge in [-0.05, 0) is 74.5 Å². The van der Waals surface area contributed by atoms with E-state index in [2.05, 4.69) is 26.1 Å². The number of Topliss-reactive ketones (excluding diaryl/α,β-unsaturated/α-hetero) is 1. The van der Waals surface area contributed by atoms with E-state index in [-0.39, 0.29) is 28.5 Å². The molecule has 1 aliphatic heterocycles. The van der Waals surface area contributed by atoms with Crippen LogP contribution in [0.4, 0.5) is 0 Å². The molecule has 0 radical (unpaired) electrons. The SMILES string of the molecule is CC(=O)O[C@]1(C(C)=O)CC[C@@H]2[C@H]3C[C@@H](C)C4=CC(=O)NCC[C@]4(C)[C@@H]3CC[C@]21C. The van der Waals surface area contributed by atoms with E-state index in [1.54, 1.807) is 6.92 Å². The first-order valence-electron chi connectivity index (χ1n) is 11.3. The van der Waals surface area contributed by atoms with Gasteiger partial charge in [0.1, 0.15) is 0 Å². The average molecular weight is 402 g/mol. The Morgan fingerprint density at radius 3 is 2.45 bits per heavy atom. The summed E-state index contributed by atoms with van der Waals surface area (Å²) in [6.45, 7) is 10.5. The van der Waals surface area contributed by atoms with Crippen LogP contribution in [-0.2, 0) is 19.1 Å². The molecule has 0 saturated heterocycles. The molecule has 1 heterocycles. The second kappa shape index (κ2) is 6.68. The second-order valence-corrected chi connectivity index (χ2v) is 10.5. The summed E-state index contributed by atoms with van der Waals surface area (Å²) in [5.41, 5.74) is 0.0524. The van der Waals surface area contributed by atoms with E-state index in [0.29, 0.717) is 30.1 Å². The third kappa shape index (κ3) is 2.75. The van der Waals surface area contributed by atoms with Crippen LogP contribution < -0.4 is 5.32 Å². The largest absolute Gasteiger partial charge is 0.451 e. The molecule has 0 aromatic heterocycles. The standard InChI is InChI=1S/C24H35NO4/c1-14-12-17-18(22(4)10-11-25-21(28)13-20(14)22)6-8-23(5)19(17)7-9-24(23,15(2)26)29-16(3)27/h13-14,17-19H,6-12H2,1-5H3,(H,25,28)/t14-,17+,18-,19-,22-,23-,24+/m1/s1. The molecule has 5 nitrogen and oxygen atoms in total. The lowest BCUT2D eigenvalue weighted by Gasteiger charge is -2.59. The minimum Gasteiger partial charge on any atom is -0.451 e. The Hall–Kier alpha value is -1.65. The van der Waals surface area contributed by atoms with Gasteiger partial charge in [-0.15, -0.1) is 0 Å². The van der Waals surface area contributed by atoms with Gasteiger partial charge in [0, 0.05) is 25.0 Å². The van der Waals surface area contributed by atoms with Crippen molar-refractivity contribution in [2.75, 3.05) is 6.54 Å². The smallest absolute Gasteiger partial charge is 0.303 e. The molecule has 0 aromatic rings. The van der Waals surface area contributed by atoms with Gasteiger partial charge in [0.15, 0.2) is 11.4 Å². The van der Waals surface area contributed by atoms with Gasteiger partial charge in [-0.25, -0.2) is 0 Å². The number of esters is 1. The fraction of sp³-hybridized carbons (Fsp3) is 0.792. The van der Waals surface area contributed by atoms with Crippen LogP contribution in [0.3, 0.4) is 0 Å². The van der Waals surface area contributed by atoms with E-state index >= 15 is 0 Å². The van der Waals surface area contributed by atoms with Crippen LogP contribution in [0.2, 0.25) is 0 Å². The molecular formula is C24H35NO4. The molecule has 160 valence electrons. The number of allylic oxidation sites excluding steroid dienone is 1. The summed E-state index contributed by atoms with van der Waals surface area (Å²) >= 11 is 0. The molecule has 1 N–H and O–H groups in total. The number of hydrogen-bond acceptors (Lipinski definition) is 4. The fourth-order valence-corrected chi connectivity index (χ4v) is 8.06. The number of ether oxygens (including phenoxy) is 1. The van der Waals surface area contributed by atoms with Crippen LogP contribution in [0.25, 0.3) is 0 Å². The van der Waals surface area contributed by atoms with Crippen LogP contribution in [0.1, 0.15) is 73.1 Å². The van der Waals surface area contributed by atoms with Crippen molar-refractivity contribution >= 4 is 17.7 Å². The quantitative estimate of drug-likeness (QED) is 0.714. The number of carbonyl (C=O) groups is 3. The summed E-state index contributed by atoms with van der Waals surface area (Å²) in [4.78, 5) is 37.0. The first kappa shape index (κ1) is 20.6. The molecule has 5 heteroatoms. The molecule has 29 heavy (non-hydrogen) atoms. The maximum absolute atomic E-state index is 12.8. The van der Waals surface area contributed by atoms with Gasteiger partial charge in [0.05, 0.1) is 0 Å². The maximum atomic E-state index is 12.8. The van der Waals surface area contributed by atoms with Crippen LogP contribution in [-0.4, -0.2) is 29.8 Å². The predicted molar refractivity (Wildman–Crippen MR) is 110 cm³/mol. The molecule has 7 atom stereocenters. The number of nitrogens with one attached hydrogen (secondary N) is 1. The second-order valence-electron chi connectivity index (χ2n) is 10.5. The molecule has 1 amide bonds. The lowest BCUT2D eigenvalue weighted by molar-refractivity contribution is -0.187. The minimum absolute atomic E-state index is 0.00364. The van der Waals surface area contributed by atoms with Crippen molar-refractivity contribution in [1.29, 1.82) is 0 Å². The van der Waals surface area contributed by atoms with Gasteiger partial charge >= 0.3 is 5.97 Å². The first-order valence-corrected chi connectivity index (χ1v) is 11.3. The minimum atomic E-state index is -0.976. The number of ketones is 1. The highest BCUT2D eigenvalue weighted by molar-refractivity contribution is 5.89.